The number of fused-ring (bicyclic) bond motifs is 1. The summed E-state index contributed by atoms with van der Waals surface area (Å²) in [6.45, 7) is 0.802. The lowest BCUT2D eigenvalue weighted by atomic mass is 9.68. The Morgan fingerprint density at radius 1 is 1.29 bits per heavy atom. The van der Waals surface area contributed by atoms with Crippen LogP contribution < -0.4 is 11.1 Å². The Balaban J connectivity index is 1.35. The number of hydrogen-bond acceptors (Lipinski definition) is 3. The van der Waals surface area contributed by atoms with Gasteiger partial charge < -0.3 is 15.8 Å². The number of nitrogens with one attached hydrogen (secondary N) is 1. The Kier molecular flexibility index (Phi) is 3.23. The summed E-state index contributed by atoms with van der Waals surface area (Å²) >= 11 is 0. The molecule has 3 aliphatic rings. The van der Waals surface area contributed by atoms with Crippen LogP contribution in [0.2, 0.25) is 0 Å². The molecule has 0 aromatic heterocycles. The summed E-state index contributed by atoms with van der Waals surface area (Å²) in [6.07, 6.45) is 3.32. The van der Waals surface area contributed by atoms with Gasteiger partial charge in [0.15, 0.2) is 0 Å². The third kappa shape index (κ3) is 2.27. The highest BCUT2D eigenvalue weighted by Gasteiger charge is 2.53. The summed E-state index contributed by atoms with van der Waals surface area (Å²) in [5.41, 5.74) is 7.46. The molecule has 1 aromatic rings. The van der Waals surface area contributed by atoms with E-state index < -0.39 is 0 Å². The van der Waals surface area contributed by atoms with Gasteiger partial charge in [-0.05, 0) is 30.7 Å². The van der Waals surface area contributed by atoms with Gasteiger partial charge >= 0.3 is 0 Å². The number of rotatable bonds is 3. The van der Waals surface area contributed by atoms with E-state index in [1.807, 2.05) is 18.2 Å². The minimum Gasteiger partial charge on any atom is -0.376 e. The average Bonchev–Trinajstić information content (AvgIpc) is 3.33. The van der Waals surface area contributed by atoms with Crippen LogP contribution in [0, 0.1) is 11.8 Å². The van der Waals surface area contributed by atoms with E-state index in [-0.39, 0.29) is 30.0 Å². The van der Waals surface area contributed by atoms with Gasteiger partial charge in [-0.2, -0.15) is 0 Å². The molecule has 4 rings (SSSR count). The van der Waals surface area contributed by atoms with Gasteiger partial charge in [0.05, 0.1) is 12.1 Å². The van der Waals surface area contributed by atoms with E-state index in [9.17, 15) is 4.79 Å². The van der Waals surface area contributed by atoms with Crippen LogP contribution in [0.1, 0.15) is 30.7 Å². The monoisotopic (exact) mass is 286 g/mol. The van der Waals surface area contributed by atoms with Crippen molar-refractivity contribution in [3.8, 4) is 0 Å². The van der Waals surface area contributed by atoms with Crippen LogP contribution in [0.5, 0.6) is 0 Å². The minimum absolute atomic E-state index is 0.0137. The lowest BCUT2D eigenvalue weighted by Gasteiger charge is -2.52. The lowest BCUT2D eigenvalue weighted by molar-refractivity contribution is -0.140. The van der Waals surface area contributed by atoms with Gasteiger partial charge in [-0.15, -0.1) is 0 Å². The Morgan fingerprint density at radius 3 is 2.90 bits per heavy atom. The van der Waals surface area contributed by atoms with Crippen molar-refractivity contribution in [2.45, 2.75) is 43.4 Å². The molecular formula is C17H22N2O2. The van der Waals surface area contributed by atoms with Crippen LogP contribution in [0.15, 0.2) is 30.3 Å². The van der Waals surface area contributed by atoms with Gasteiger partial charge in [-0.1, -0.05) is 30.3 Å². The fraction of sp³-hybridized carbons (Fsp3) is 0.588. The maximum Gasteiger partial charge on any atom is 0.224 e. The van der Waals surface area contributed by atoms with Crippen molar-refractivity contribution in [1.29, 1.82) is 0 Å². The van der Waals surface area contributed by atoms with Crippen molar-refractivity contribution in [1.82, 2.24) is 5.32 Å². The molecule has 0 radical (unpaired) electrons. The smallest absolute Gasteiger partial charge is 0.224 e. The summed E-state index contributed by atoms with van der Waals surface area (Å²) < 4.78 is 5.78. The maximum absolute atomic E-state index is 12.4. The Morgan fingerprint density at radius 2 is 2.10 bits per heavy atom. The van der Waals surface area contributed by atoms with Gasteiger partial charge in [-0.25, -0.2) is 0 Å². The van der Waals surface area contributed by atoms with E-state index in [1.165, 1.54) is 5.56 Å². The number of hydrogen-bond donors (Lipinski definition) is 2. The zero-order valence-corrected chi connectivity index (χ0v) is 12.1. The lowest BCUT2D eigenvalue weighted by Crippen LogP contribution is -2.72. The van der Waals surface area contributed by atoms with Crippen LogP contribution >= 0.6 is 0 Å². The van der Waals surface area contributed by atoms with Gasteiger partial charge in [0, 0.05) is 24.5 Å². The number of carbonyl (C=O) groups excluding carboxylic acids is 1. The molecule has 1 aliphatic heterocycles. The van der Waals surface area contributed by atoms with E-state index >= 15 is 0 Å². The van der Waals surface area contributed by atoms with Crippen molar-refractivity contribution < 1.29 is 9.53 Å². The molecule has 3 fully saturated rings. The first kappa shape index (κ1) is 13.3. The van der Waals surface area contributed by atoms with Gasteiger partial charge in [0.2, 0.25) is 5.91 Å². The fourth-order valence-corrected chi connectivity index (χ4v) is 3.95. The van der Waals surface area contributed by atoms with Gasteiger partial charge in [0.25, 0.3) is 0 Å². The Hall–Kier alpha value is -1.39. The van der Waals surface area contributed by atoms with Crippen LogP contribution in [0.25, 0.3) is 0 Å². The number of carbonyl (C=O) groups is 1. The topological polar surface area (TPSA) is 64.3 Å². The second kappa shape index (κ2) is 5.11. The quantitative estimate of drug-likeness (QED) is 0.883. The highest BCUT2D eigenvalue weighted by molar-refractivity contribution is 5.83. The highest BCUT2D eigenvalue weighted by Crippen LogP contribution is 2.48. The molecule has 1 aromatic carbocycles. The van der Waals surface area contributed by atoms with Crippen LogP contribution in [-0.2, 0) is 9.53 Å². The molecule has 6 unspecified atom stereocenters. The van der Waals surface area contributed by atoms with Crippen LogP contribution in [0.4, 0.5) is 0 Å². The first-order valence-corrected chi connectivity index (χ1v) is 7.98. The molecule has 1 heterocycles. The summed E-state index contributed by atoms with van der Waals surface area (Å²) in [5.74, 6) is 1.08. The van der Waals surface area contributed by atoms with E-state index in [4.69, 9.17) is 10.5 Å². The number of amides is 1. The van der Waals surface area contributed by atoms with Gasteiger partial charge in [-0.3, -0.25) is 4.79 Å². The minimum atomic E-state index is 0.0137. The van der Waals surface area contributed by atoms with Gasteiger partial charge in [0.1, 0.15) is 0 Å². The van der Waals surface area contributed by atoms with E-state index in [1.54, 1.807) is 0 Å². The van der Waals surface area contributed by atoms with Crippen molar-refractivity contribution in [2.75, 3.05) is 6.61 Å². The fourth-order valence-electron chi connectivity index (χ4n) is 3.95. The molecule has 1 saturated heterocycles. The standard InChI is InChI=1S/C17H22N2O2/c18-14-11-7-4-8-21-16(11)15(14)19-17(20)13-9-12(13)10-5-2-1-3-6-10/h1-3,5-6,11-16H,4,7-9,18H2,(H,19,20). The molecule has 4 nitrogen and oxygen atoms in total. The molecule has 2 saturated carbocycles. The molecule has 4 heteroatoms. The third-order valence-electron chi connectivity index (χ3n) is 5.34. The largest absolute Gasteiger partial charge is 0.376 e. The van der Waals surface area contributed by atoms with Crippen molar-refractivity contribution in [2.24, 2.45) is 17.6 Å². The Labute approximate surface area is 125 Å². The molecular weight excluding hydrogens is 264 g/mol. The predicted molar refractivity (Wildman–Crippen MR) is 79.7 cm³/mol. The normalized spacial score (nSPS) is 40.8. The number of benzene rings is 1. The first-order valence-electron chi connectivity index (χ1n) is 7.98. The van der Waals surface area contributed by atoms with E-state index in [0.29, 0.717) is 11.8 Å². The van der Waals surface area contributed by atoms with Crippen molar-refractivity contribution in [3.05, 3.63) is 35.9 Å². The van der Waals surface area contributed by atoms with Crippen LogP contribution in [-0.4, -0.2) is 30.7 Å². The first-order chi connectivity index (χ1) is 10.3. The second-order valence-electron chi connectivity index (χ2n) is 6.61. The van der Waals surface area contributed by atoms with Crippen molar-refractivity contribution in [3.63, 3.8) is 0 Å². The SMILES string of the molecule is NC1C2CCCOC2C1NC(=O)C1CC1c1ccccc1. The van der Waals surface area contributed by atoms with Crippen molar-refractivity contribution >= 4 is 5.91 Å². The second-order valence-corrected chi connectivity index (χ2v) is 6.61. The number of nitrogens with two attached hydrogens (primary N) is 1. The predicted octanol–water partition coefficient (Wildman–Crippen LogP) is 1.41. The average molecular weight is 286 g/mol. The molecule has 3 N–H and O–H groups in total. The molecule has 21 heavy (non-hydrogen) atoms. The maximum atomic E-state index is 12.4. The van der Waals surface area contributed by atoms with E-state index in [0.717, 1.165) is 25.9 Å². The zero-order chi connectivity index (χ0) is 14.4. The van der Waals surface area contributed by atoms with E-state index in [2.05, 4.69) is 17.4 Å². The summed E-state index contributed by atoms with van der Waals surface area (Å²) in [4.78, 5) is 12.4. The van der Waals surface area contributed by atoms with Crippen LogP contribution in [0.3, 0.4) is 0 Å². The number of ether oxygens (including phenoxy) is 1. The summed E-state index contributed by atoms with van der Waals surface area (Å²) in [7, 11) is 0. The molecule has 2 aliphatic carbocycles. The molecule has 0 spiro atoms. The highest BCUT2D eigenvalue weighted by atomic mass is 16.5. The molecule has 0 bridgehead atoms. The third-order valence-corrected chi connectivity index (χ3v) is 5.34. The molecule has 1 amide bonds. The zero-order valence-electron chi connectivity index (χ0n) is 12.1. The molecule has 6 atom stereocenters. The Bertz CT molecular complexity index is 533. The molecule has 112 valence electrons. The summed E-state index contributed by atoms with van der Waals surface area (Å²) in [6, 6.07) is 10.4. The summed E-state index contributed by atoms with van der Waals surface area (Å²) in [5, 5.41) is 3.14.